The first-order chi connectivity index (χ1) is 13.1. The summed E-state index contributed by atoms with van der Waals surface area (Å²) in [4.78, 5) is 16.3. The van der Waals surface area contributed by atoms with Gasteiger partial charge in [0.2, 0.25) is 5.91 Å². The Morgan fingerprint density at radius 3 is 2.59 bits per heavy atom. The van der Waals surface area contributed by atoms with E-state index in [4.69, 9.17) is 16.3 Å². The molecule has 3 rings (SSSR count). The topological polar surface area (TPSA) is 51.2 Å². The van der Waals surface area contributed by atoms with Gasteiger partial charge in [-0.1, -0.05) is 48.0 Å². The quantitative estimate of drug-likeness (QED) is 0.644. The molecule has 5 heteroatoms. The molecule has 27 heavy (non-hydrogen) atoms. The number of ether oxygens (including phenoxy) is 1. The first-order valence-corrected chi connectivity index (χ1v) is 9.14. The van der Waals surface area contributed by atoms with Gasteiger partial charge >= 0.3 is 0 Å². The van der Waals surface area contributed by atoms with E-state index in [0.717, 1.165) is 22.4 Å². The summed E-state index contributed by atoms with van der Waals surface area (Å²) in [5.41, 5.74) is 2.85. The van der Waals surface area contributed by atoms with Gasteiger partial charge in [0.1, 0.15) is 12.4 Å². The van der Waals surface area contributed by atoms with Gasteiger partial charge in [0.05, 0.1) is 12.5 Å². The third-order valence-corrected chi connectivity index (χ3v) is 4.56. The summed E-state index contributed by atoms with van der Waals surface area (Å²) in [5.74, 6) is 0.713. The fourth-order valence-electron chi connectivity index (χ4n) is 2.69. The van der Waals surface area contributed by atoms with Crippen molar-refractivity contribution >= 4 is 17.5 Å². The number of hydrogen-bond donors (Lipinski definition) is 1. The van der Waals surface area contributed by atoms with E-state index in [1.165, 1.54) is 0 Å². The number of nitrogens with zero attached hydrogens (tertiary/aromatic N) is 1. The monoisotopic (exact) mass is 380 g/mol. The molecule has 0 fully saturated rings. The Labute approximate surface area is 164 Å². The third kappa shape index (κ3) is 5.56. The van der Waals surface area contributed by atoms with Crippen LogP contribution in [-0.4, -0.2) is 10.9 Å². The molecule has 1 N–H and O–H groups in total. The molecule has 3 aromatic rings. The molecule has 0 unspecified atom stereocenters. The highest BCUT2D eigenvalue weighted by Gasteiger charge is 2.11. The molecule has 1 amide bonds. The van der Waals surface area contributed by atoms with Gasteiger partial charge in [0, 0.05) is 23.0 Å². The molecule has 0 radical (unpaired) electrons. The largest absolute Gasteiger partial charge is 0.489 e. The molecule has 0 aliphatic heterocycles. The van der Waals surface area contributed by atoms with E-state index in [0.29, 0.717) is 11.6 Å². The number of pyridine rings is 1. The number of rotatable bonds is 7. The Balaban J connectivity index is 1.53. The van der Waals surface area contributed by atoms with Crippen LogP contribution in [0.15, 0.2) is 73.1 Å². The number of amides is 1. The molecule has 1 aromatic heterocycles. The van der Waals surface area contributed by atoms with Crippen molar-refractivity contribution < 1.29 is 9.53 Å². The maximum absolute atomic E-state index is 12.3. The molecule has 0 aliphatic carbocycles. The minimum atomic E-state index is -0.104. The highest BCUT2D eigenvalue weighted by molar-refractivity contribution is 6.31. The first kappa shape index (κ1) is 18.9. The molecule has 0 saturated heterocycles. The molecular formula is C22H21ClN2O2. The van der Waals surface area contributed by atoms with E-state index in [-0.39, 0.29) is 18.4 Å². The summed E-state index contributed by atoms with van der Waals surface area (Å²) in [5, 5.41) is 3.61. The van der Waals surface area contributed by atoms with Gasteiger partial charge in [-0.3, -0.25) is 9.78 Å². The van der Waals surface area contributed by atoms with Crippen molar-refractivity contribution in [3.8, 4) is 5.75 Å². The lowest BCUT2D eigenvalue weighted by Crippen LogP contribution is -2.28. The fraction of sp³-hybridized carbons (Fsp3) is 0.182. The van der Waals surface area contributed by atoms with Gasteiger partial charge in [-0.2, -0.15) is 0 Å². The number of hydrogen-bond acceptors (Lipinski definition) is 3. The maximum atomic E-state index is 12.3. The van der Waals surface area contributed by atoms with Crippen LogP contribution in [0.25, 0.3) is 0 Å². The summed E-state index contributed by atoms with van der Waals surface area (Å²) in [7, 11) is 0. The normalized spacial score (nSPS) is 11.6. The van der Waals surface area contributed by atoms with Crippen LogP contribution in [-0.2, 0) is 17.8 Å². The van der Waals surface area contributed by atoms with Crippen molar-refractivity contribution in [1.82, 2.24) is 10.3 Å². The smallest absolute Gasteiger partial charge is 0.224 e. The molecule has 0 aliphatic rings. The van der Waals surface area contributed by atoms with E-state index in [2.05, 4.69) is 10.3 Å². The zero-order valence-electron chi connectivity index (χ0n) is 15.1. The zero-order chi connectivity index (χ0) is 19.1. The molecular weight excluding hydrogens is 360 g/mol. The maximum Gasteiger partial charge on any atom is 0.224 e. The zero-order valence-corrected chi connectivity index (χ0v) is 15.8. The fourth-order valence-corrected chi connectivity index (χ4v) is 2.90. The van der Waals surface area contributed by atoms with Gasteiger partial charge in [-0.05, 0) is 42.3 Å². The minimum Gasteiger partial charge on any atom is -0.489 e. The molecule has 4 nitrogen and oxygen atoms in total. The Morgan fingerprint density at radius 1 is 1.11 bits per heavy atom. The van der Waals surface area contributed by atoms with E-state index < -0.39 is 0 Å². The number of carbonyl (C=O) groups is 1. The van der Waals surface area contributed by atoms with E-state index in [1.54, 1.807) is 18.5 Å². The summed E-state index contributed by atoms with van der Waals surface area (Å²) in [6.45, 7) is 2.42. The second kappa shape index (κ2) is 9.19. The van der Waals surface area contributed by atoms with Crippen LogP contribution >= 0.6 is 11.6 Å². The summed E-state index contributed by atoms with van der Waals surface area (Å²) in [6.07, 6.45) is 3.78. The van der Waals surface area contributed by atoms with Gasteiger partial charge in [0.25, 0.3) is 0 Å². The molecule has 0 bridgehead atoms. The summed E-state index contributed by atoms with van der Waals surface area (Å²) in [6, 6.07) is 18.9. The highest BCUT2D eigenvalue weighted by atomic mass is 35.5. The van der Waals surface area contributed by atoms with Crippen molar-refractivity contribution in [2.75, 3.05) is 0 Å². The van der Waals surface area contributed by atoms with Crippen LogP contribution in [0.4, 0.5) is 0 Å². The molecule has 2 aromatic carbocycles. The third-order valence-electron chi connectivity index (χ3n) is 4.19. The van der Waals surface area contributed by atoms with Crippen LogP contribution in [0.1, 0.15) is 29.7 Å². The van der Waals surface area contributed by atoms with Crippen molar-refractivity contribution in [2.24, 2.45) is 0 Å². The first-order valence-electron chi connectivity index (χ1n) is 8.76. The van der Waals surface area contributed by atoms with E-state index in [1.807, 2.05) is 61.5 Å². The average Bonchev–Trinajstić information content (AvgIpc) is 2.69. The Bertz CT molecular complexity index is 882. The number of aromatic nitrogens is 1. The molecule has 0 saturated carbocycles. The molecule has 0 spiro atoms. The second-order valence-corrected chi connectivity index (χ2v) is 6.68. The minimum absolute atomic E-state index is 0.0625. The number of benzene rings is 2. The number of nitrogens with one attached hydrogen (secondary N) is 1. The average molecular weight is 381 g/mol. The number of carbonyl (C=O) groups excluding carboxylic acids is 1. The van der Waals surface area contributed by atoms with Crippen LogP contribution < -0.4 is 10.1 Å². The van der Waals surface area contributed by atoms with Crippen molar-refractivity contribution in [1.29, 1.82) is 0 Å². The van der Waals surface area contributed by atoms with Crippen LogP contribution in [0.5, 0.6) is 5.75 Å². The number of halogens is 1. The lowest BCUT2D eigenvalue weighted by Gasteiger charge is -2.15. The Morgan fingerprint density at radius 2 is 1.89 bits per heavy atom. The van der Waals surface area contributed by atoms with Crippen LogP contribution in [0.2, 0.25) is 5.02 Å². The van der Waals surface area contributed by atoms with Gasteiger partial charge in [0.15, 0.2) is 0 Å². The van der Waals surface area contributed by atoms with Gasteiger partial charge in [-0.25, -0.2) is 0 Å². The second-order valence-electron chi connectivity index (χ2n) is 6.28. The highest BCUT2D eigenvalue weighted by Crippen LogP contribution is 2.20. The molecule has 1 heterocycles. The van der Waals surface area contributed by atoms with Gasteiger partial charge in [-0.15, -0.1) is 0 Å². The van der Waals surface area contributed by atoms with E-state index >= 15 is 0 Å². The van der Waals surface area contributed by atoms with Crippen molar-refractivity contribution in [3.05, 3.63) is 94.8 Å². The predicted octanol–water partition coefficient (Wildman–Crippen LogP) is 4.73. The van der Waals surface area contributed by atoms with E-state index in [9.17, 15) is 4.79 Å². The standard InChI is InChI=1S/C22H21ClN2O2/c1-16(25-22(26)13-19-6-2-3-7-21(19)23)18-8-10-20(11-9-18)27-15-17-5-4-12-24-14-17/h2-12,14,16H,13,15H2,1H3,(H,25,26)/t16-/m0/s1. The molecule has 1 atom stereocenters. The van der Waals surface area contributed by atoms with Gasteiger partial charge < -0.3 is 10.1 Å². The SMILES string of the molecule is C[C@H](NC(=O)Cc1ccccc1Cl)c1ccc(OCc2cccnc2)cc1. The molecule has 138 valence electrons. The van der Waals surface area contributed by atoms with Crippen LogP contribution in [0.3, 0.4) is 0 Å². The Kier molecular flexibility index (Phi) is 6.44. The van der Waals surface area contributed by atoms with Crippen molar-refractivity contribution in [3.63, 3.8) is 0 Å². The lowest BCUT2D eigenvalue weighted by atomic mass is 10.1. The van der Waals surface area contributed by atoms with Crippen LogP contribution in [0, 0.1) is 0 Å². The predicted molar refractivity (Wildman–Crippen MR) is 107 cm³/mol. The lowest BCUT2D eigenvalue weighted by molar-refractivity contribution is -0.121. The summed E-state index contributed by atoms with van der Waals surface area (Å²) < 4.78 is 5.76. The van der Waals surface area contributed by atoms with Crippen molar-refractivity contribution in [2.45, 2.75) is 26.0 Å². The summed E-state index contributed by atoms with van der Waals surface area (Å²) >= 11 is 6.12. The Hall–Kier alpha value is -2.85.